The Hall–Kier alpha value is -1.35. The number of benzene rings is 1. The van der Waals surface area contributed by atoms with Crippen molar-refractivity contribution in [1.29, 1.82) is 0 Å². The molecule has 0 aliphatic carbocycles. The molecule has 2 N–H and O–H groups in total. The first kappa shape index (κ1) is 16.0. The smallest absolute Gasteiger partial charge is 0.230 e. The monoisotopic (exact) mass is 288 g/mol. The van der Waals surface area contributed by atoms with E-state index in [2.05, 4.69) is 26.0 Å². The number of hydrogen-bond donors (Lipinski definition) is 1. The molecular weight excluding hydrogens is 260 g/mol. The maximum absolute atomic E-state index is 13.0. The van der Waals surface area contributed by atoms with Crippen molar-refractivity contribution in [3.8, 4) is 0 Å². The second-order valence-corrected chi connectivity index (χ2v) is 6.09. The van der Waals surface area contributed by atoms with Crippen LogP contribution >= 0.6 is 0 Å². The zero-order chi connectivity index (χ0) is 15.2. The maximum Gasteiger partial charge on any atom is 0.230 e. The van der Waals surface area contributed by atoms with Crippen molar-refractivity contribution < 1.29 is 4.79 Å². The lowest BCUT2D eigenvalue weighted by Crippen LogP contribution is -2.51. The van der Waals surface area contributed by atoms with Crippen molar-refractivity contribution in [2.45, 2.75) is 51.5 Å². The highest BCUT2D eigenvalue weighted by atomic mass is 16.2. The molecule has 0 radical (unpaired) electrons. The average Bonchev–Trinajstić information content (AvgIpc) is 2.55. The minimum atomic E-state index is -0.0292. The topological polar surface area (TPSA) is 46.3 Å². The summed E-state index contributed by atoms with van der Waals surface area (Å²) in [5, 5.41) is 0. The lowest BCUT2D eigenvalue weighted by Gasteiger charge is -2.40. The van der Waals surface area contributed by atoms with Gasteiger partial charge >= 0.3 is 0 Å². The number of nitrogens with two attached hydrogens (primary N) is 1. The van der Waals surface area contributed by atoms with Crippen molar-refractivity contribution in [3.63, 3.8) is 0 Å². The summed E-state index contributed by atoms with van der Waals surface area (Å²) in [5.41, 5.74) is 7.06. The van der Waals surface area contributed by atoms with Crippen LogP contribution in [0.5, 0.6) is 0 Å². The number of likely N-dealkylation sites (tertiary alicyclic amines) is 1. The van der Waals surface area contributed by atoms with Crippen molar-refractivity contribution in [1.82, 2.24) is 4.90 Å². The Morgan fingerprint density at radius 2 is 2.05 bits per heavy atom. The van der Waals surface area contributed by atoms with Crippen LogP contribution in [0.4, 0.5) is 0 Å². The first-order valence-electron chi connectivity index (χ1n) is 8.26. The van der Waals surface area contributed by atoms with E-state index in [0.717, 1.165) is 37.3 Å². The predicted octanol–water partition coefficient (Wildman–Crippen LogP) is 3.16. The fourth-order valence-corrected chi connectivity index (χ4v) is 3.46. The van der Waals surface area contributed by atoms with Crippen LogP contribution in [0.15, 0.2) is 30.3 Å². The van der Waals surface area contributed by atoms with E-state index in [1.54, 1.807) is 0 Å². The lowest BCUT2D eigenvalue weighted by atomic mass is 9.86. The second kappa shape index (κ2) is 7.60. The van der Waals surface area contributed by atoms with Gasteiger partial charge in [-0.3, -0.25) is 4.79 Å². The van der Waals surface area contributed by atoms with E-state index < -0.39 is 0 Å². The van der Waals surface area contributed by atoms with Gasteiger partial charge in [-0.25, -0.2) is 0 Å². The van der Waals surface area contributed by atoms with E-state index in [9.17, 15) is 4.79 Å². The van der Waals surface area contributed by atoms with E-state index in [4.69, 9.17) is 5.73 Å². The number of rotatable bonds is 5. The third-order valence-electron chi connectivity index (χ3n) is 4.87. The molecule has 1 aromatic rings. The molecule has 1 aromatic carbocycles. The zero-order valence-electron chi connectivity index (χ0n) is 13.3. The molecule has 0 aromatic heterocycles. The Balaban J connectivity index is 2.13. The molecule has 1 fully saturated rings. The van der Waals surface area contributed by atoms with E-state index in [0.29, 0.717) is 6.54 Å². The summed E-state index contributed by atoms with van der Waals surface area (Å²) in [5.74, 6) is 0.950. The van der Waals surface area contributed by atoms with E-state index >= 15 is 0 Å². The zero-order valence-corrected chi connectivity index (χ0v) is 13.3. The Bertz CT molecular complexity index is 446. The highest BCUT2D eigenvalue weighted by Gasteiger charge is 2.33. The van der Waals surface area contributed by atoms with Gasteiger partial charge < -0.3 is 10.6 Å². The number of piperidine rings is 1. The summed E-state index contributed by atoms with van der Waals surface area (Å²) in [4.78, 5) is 15.0. The molecule has 21 heavy (non-hydrogen) atoms. The summed E-state index contributed by atoms with van der Waals surface area (Å²) < 4.78 is 0. The molecule has 3 heteroatoms. The molecule has 1 amide bonds. The average molecular weight is 288 g/mol. The van der Waals surface area contributed by atoms with Crippen LogP contribution in [0.3, 0.4) is 0 Å². The quantitative estimate of drug-likeness (QED) is 0.904. The minimum absolute atomic E-state index is 0.0292. The summed E-state index contributed by atoms with van der Waals surface area (Å²) >= 11 is 0. The van der Waals surface area contributed by atoms with Crippen LogP contribution in [-0.4, -0.2) is 29.9 Å². The number of nitrogens with zero attached hydrogens (tertiary/aromatic N) is 1. The van der Waals surface area contributed by atoms with Gasteiger partial charge in [0.25, 0.3) is 0 Å². The van der Waals surface area contributed by atoms with E-state index in [1.165, 1.54) is 6.42 Å². The predicted molar refractivity (Wildman–Crippen MR) is 87.0 cm³/mol. The summed E-state index contributed by atoms with van der Waals surface area (Å²) in [6.45, 7) is 5.76. The molecule has 0 bridgehead atoms. The standard InChI is InChI=1S/C18H28N2O/c1-3-14-10-11-20(16(12-14)13-19)18(21)17(4-2)15-8-6-5-7-9-15/h5-9,14,16-17H,3-4,10-13,19H2,1-2H3. The number of carbonyl (C=O) groups excluding carboxylic acids is 1. The molecule has 3 atom stereocenters. The molecule has 1 aliphatic heterocycles. The second-order valence-electron chi connectivity index (χ2n) is 6.09. The van der Waals surface area contributed by atoms with Gasteiger partial charge in [0.15, 0.2) is 0 Å². The van der Waals surface area contributed by atoms with Gasteiger partial charge in [0, 0.05) is 19.1 Å². The minimum Gasteiger partial charge on any atom is -0.338 e. The normalized spacial score (nSPS) is 23.9. The van der Waals surface area contributed by atoms with Crippen molar-refractivity contribution in [2.75, 3.05) is 13.1 Å². The summed E-state index contributed by atoms with van der Waals surface area (Å²) in [7, 11) is 0. The SMILES string of the molecule is CCC1CCN(C(=O)C(CC)c2ccccc2)C(CN)C1. The molecular formula is C18H28N2O. The fourth-order valence-electron chi connectivity index (χ4n) is 3.46. The van der Waals surface area contributed by atoms with Crippen molar-refractivity contribution in [3.05, 3.63) is 35.9 Å². The van der Waals surface area contributed by atoms with Gasteiger partial charge in [-0.15, -0.1) is 0 Å². The Labute approximate surface area is 128 Å². The number of carbonyl (C=O) groups is 1. The fraction of sp³-hybridized carbons (Fsp3) is 0.611. The number of hydrogen-bond acceptors (Lipinski definition) is 2. The van der Waals surface area contributed by atoms with E-state index in [1.807, 2.05) is 23.1 Å². The first-order chi connectivity index (χ1) is 10.2. The third-order valence-corrected chi connectivity index (χ3v) is 4.87. The van der Waals surface area contributed by atoms with Crippen LogP contribution in [0.2, 0.25) is 0 Å². The Kier molecular flexibility index (Phi) is 5.80. The molecule has 0 saturated carbocycles. The first-order valence-corrected chi connectivity index (χ1v) is 8.26. The molecule has 1 saturated heterocycles. The highest BCUT2D eigenvalue weighted by molar-refractivity contribution is 5.84. The summed E-state index contributed by atoms with van der Waals surface area (Å²) in [6, 6.07) is 10.3. The van der Waals surface area contributed by atoms with Crippen LogP contribution in [0, 0.1) is 5.92 Å². The van der Waals surface area contributed by atoms with E-state index in [-0.39, 0.29) is 17.9 Å². The van der Waals surface area contributed by atoms with Crippen LogP contribution in [-0.2, 0) is 4.79 Å². The molecule has 0 spiro atoms. The summed E-state index contributed by atoms with van der Waals surface area (Å²) in [6.07, 6.45) is 4.20. The van der Waals surface area contributed by atoms with Crippen LogP contribution in [0.25, 0.3) is 0 Å². The van der Waals surface area contributed by atoms with Gasteiger partial charge in [-0.1, -0.05) is 50.6 Å². The molecule has 2 rings (SSSR count). The van der Waals surface area contributed by atoms with Gasteiger partial charge in [-0.2, -0.15) is 0 Å². The molecule has 3 unspecified atom stereocenters. The largest absolute Gasteiger partial charge is 0.338 e. The molecule has 1 aliphatic rings. The highest BCUT2D eigenvalue weighted by Crippen LogP contribution is 2.29. The van der Waals surface area contributed by atoms with Gasteiger partial charge in [0.05, 0.1) is 5.92 Å². The lowest BCUT2D eigenvalue weighted by molar-refractivity contribution is -0.137. The van der Waals surface area contributed by atoms with Crippen molar-refractivity contribution in [2.24, 2.45) is 11.7 Å². The molecule has 1 heterocycles. The third kappa shape index (κ3) is 3.65. The van der Waals surface area contributed by atoms with Crippen LogP contribution in [0.1, 0.15) is 51.0 Å². The maximum atomic E-state index is 13.0. The van der Waals surface area contributed by atoms with Crippen LogP contribution < -0.4 is 5.73 Å². The van der Waals surface area contributed by atoms with Gasteiger partial charge in [0.1, 0.15) is 0 Å². The van der Waals surface area contributed by atoms with Crippen molar-refractivity contribution >= 4 is 5.91 Å². The Morgan fingerprint density at radius 1 is 1.33 bits per heavy atom. The van der Waals surface area contributed by atoms with Gasteiger partial charge in [-0.05, 0) is 30.7 Å². The number of amides is 1. The Morgan fingerprint density at radius 3 is 2.62 bits per heavy atom. The molecule has 116 valence electrons. The molecule has 3 nitrogen and oxygen atoms in total. The van der Waals surface area contributed by atoms with Gasteiger partial charge in [0.2, 0.25) is 5.91 Å².